The average Bonchev–Trinajstić information content (AvgIpc) is 3.25. The third kappa shape index (κ3) is 4.49. The first kappa shape index (κ1) is 23.0. The van der Waals surface area contributed by atoms with Gasteiger partial charge < -0.3 is 20.1 Å². The van der Waals surface area contributed by atoms with Crippen LogP contribution in [0.4, 0.5) is 13.2 Å². The summed E-state index contributed by atoms with van der Waals surface area (Å²) >= 11 is 7.04. The summed E-state index contributed by atoms with van der Waals surface area (Å²) in [5, 5.41) is 39.4. The van der Waals surface area contributed by atoms with Gasteiger partial charge in [-0.15, -0.1) is 5.10 Å². The molecule has 32 heavy (non-hydrogen) atoms. The van der Waals surface area contributed by atoms with Crippen molar-refractivity contribution >= 4 is 23.4 Å². The first-order valence-electron chi connectivity index (χ1n) is 9.40. The molecule has 1 saturated heterocycles. The first-order chi connectivity index (χ1) is 15.3. The van der Waals surface area contributed by atoms with Crippen LogP contribution in [-0.2, 0) is 4.74 Å². The van der Waals surface area contributed by atoms with E-state index in [-0.39, 0.29) is 11.3 Å². The Hall–Kier alpha value is -2.15. The molecular formula is C20H17ClF3N3O4S. The number of halogens is 4. The van der Waals surface area contributed by atoms with Crippen molar-refractivity contribution in [1.82, 2.24) is 15.0 Å². The minimum Gasteiger partial charge on any atom is -0.394 e. The molecule has 5 atom stereocenters. The molecule has 170 valence electrons. The zero-order valence-corrected chi connectivity index (χ0v) is 17.7. The molecule has 4 rings (SSSR count). The van der Waals surface area contributed by atoms with Crippen LogP contribution < -0.4 is 0 Å². The lowest BCUT2D eigenvalue weighted by Crippen LogP contribution is -2.55. The highest BCUT2D eigenvalue weighted by Gasteiger charge is 2.46. The molecule has 0 spiro atoms. The third-order valence-electron chi connectivity index (χ3n) is 5.01. The number of thioether (sulfide) groups is 1. The Kier molecular flexibility index (Phi) is 6.75. The Balaban J connectivity index is 1.63. The van der Waals surface area contributed by atoms with E-state index in [1.54, 1.807) is 24.3 Å². The summed E-state index contributed by atoms with van der Waals surface area (Å²) < 4.78 is 47.2. The number of benzene rings is 2. The average molecular weight is 488 g/mol. The highest BCUT2D eigenvalue weighted by molar-refractivity contribution is 7.99. The zero-order valence-electron chi connectivity index (χ0n) is 16.1. The molecule has 1 aliphatic heterocycles. The van der Waals surface area contributed by atoms with Crippen LogP contribution >= 0.6 is 23.4 Å². The normalized spacial score (nSPS) is 25.8. The van der Waals surface area contributed by atoms with E-state index in [1.807, 2.05) is 0 Å². The highest BCUT2D eigenvalue weighted by Crippen LogP contribution is 2.38. The van der Waals surface area contributed by atoms with Gasteiger partial charge in [0, 0.05) is 15.5 Å². The Morgan fingerprint density at radius 2 is 1.72 bits per heavy atom. The van der Waals surface area contributed by atoms with Gasteiger partial charge in [-0.3, -0.25) is 0 Å². The quantitative estimate of drug-likeness (QED) is 0.476. The summed E-state index contributed by atoms with van der Waals surface area (Å²) in [5.74, 6) is -4.38. The largest absolute Gasteiger partial charge is 0.394 e. The maximum Gasteiger partial charge on any atom is 0.194 e. The predicted octanol–water partition coefficient (Wildman–Crippen LogP) is 2.79. The second-order valence-corrected chi connectivity index (χ2v) is 8.71. The van der Waals surface area contributed by atoms with Crippen molar-refractivity contribution in [1.29, 1.82) is 0 Å². The summed E-state index contributed by atoms with van der Waals surface area (Å²) in [6.07, 6.45) is -2.45. The van der Waals surface area contributed by atoms with Crippen LogP contribution in [0.1, 0.15) is 6.04 Å². The summed E-state index contributed by atoms with van der Waals surface area (Å²) in [6, 6.07) is 7.21. The van der Waals surface area contributed by atoms with E-state index in [4.69, 9.17) is 16.3 Å². The van der Waals surface area contributed by atoms with Gasteiger partial charge in [-0.25, -0.2) is 17.9 Å². The SMILES string of the molecule is OCC1OC(Sc2ccc(Cl)cc2)C(O)C(n2cc(-c3cc(F)c(F)c(F)c3)nn2)C1O. The molecule has 3 N–H and O–H groups in total. The Bertz CT molecular complexity index is 1080. The first-order valence-corrected chi connectivity index (χ1v) is 10.7. The Morgan fingerprint density at radius 1 is 1.06 bits per heavy atom. The minimum atomic E-state index is -1.61. The lowest BCUT2D eigenvalue weighted by atomic mass is 9.97. The summed E-state index contributed by atoms with van der Waals surface area (Å²) in [6.45, 7) is -0.530. The zero-order chi connectivity index (χ0) is 23.0. The van der Waals surface area contributed by atoms with Gasteiger partial charge in [-0.05, 0) is 36.4 Å². The second kappa shape index (κ2) is 9.38. The molecule has 2 heterocycles. The monoisotopic (exact) mass is 487 g/mol. The standard InChI is InChI=1S/C20H17ClF3N3O4S/c21-10-1-3-11(4-2-10)32-20-19(30)17(18(29)15(8-28)31-20)27-7-14(25-26-27)9-5-12(22)16(24)13(23)6-9/h1-7,15,17-20,28-30H,8H2. The van der Waals surface area contributed by atoms with E-state index in [0.717, 1.165) is 33.5 Å². The van der Waals surface area contributed by atoms with Crippen LogP contribution in [0.2, 0.25) is 5.02 Å². The van der Waals surface area contributed by atoms with E-state index >= 15 is 0 Å². The number of aromatic nitrogens is 3. The van der Waals surface area contributed by atoms with E-state index in [0.29, 0.717) is 5.02 Å². The molecule has 5 unspecified atom stereocenters. The van der Waals surface area contributed by atoms with Crippen molar-refractivity contribution in [2.24, 2.45) is 0 Å². The van der Waals surface area contributed by atoms with Crippen molar-refractivity contribution in [3.63, 3.8) is 0 Å². The maximum atomic E-state index is 13.6. The Labute approximate surface area is 189 Å². The van der Waals surface area contributed by atoms with Crippen LogP contribution in [-0.4, -0.2) is 60.7 Å². The number of rotatable bonds is 5. The lowest BCUT2D eigenvalue weighted by Gasteiger charge is -2.41. The smallest absolute Gasteiger partial charge is 0.194 e. The molecule has 0 radical (unpaired) electrons. The van der Waals surface area contributed by atoms with E-state index in [1.165, 1.54) is 6.20 Å². The van der Waals surface area contributed by atoms with Gasteiger partial charge in [-0.2, -0.15) is 0 Å². The van der Waals surface area contributed by atoms with Crippen molar-refractivity contribution in [3.05, 3.63) is 65.1 Å². The molecule has 1 aromatic heterocycles. The summed E-state index contributed by atoms with van der Waals surface area (Å²) in [4.78, 5) is 0.724. The molecule has 0 saturated carbocycles. The van der Waals surface area contributed by atoms with Gasteiger partial charge in [0.2, 0.25) is 0 Å². The highest BCUT2D eigenvalue weighted by atomic mass is 35.5. The van der Waals surface area contributed by atoms with Crippen LogP contribution in [0, 0.1) is 17.5 Å². The third-order valence-corrected chi connectivity index (χ3v) is 6.43. The molecule has 1 fully saturated rings. The molecule has 2 aromatic carbocycles. The molecule has 0 bridgehead atoms. The van der Waals surface area contributed by atoms with Crippen LogP contribution in [0.15, 0.2) is 47.5 Å². The molecule has 1 aliphatic rings. The molecule has 12 heteroatoms. The molecule has 0 aliphatic carbocycles. The van der Waals surface area contributed by atoms with Crippen molar-refractivity contribution in [3.8, 4) is 11.3 Å². The van der Waals surface area contributed by atoms with E-state index in [9.17, 15) is 28.5 Å². The number of hydrogen-bond acceptors (Lipinski definition) is 7. The van der Waals surface area contributed by atoms with Gasteiger partial charge in [0.25, 0.3) is 0 Å². The van der Waals surface area contributed by atoms with Crippen LogP contribution in [0.5, 0.6) is 0 Å². The minimum absolute atomic E-state index is 0.00357. The van der Waals surface area contributed by atoms with Gasteiger partial charge in [-0.1, -0.05) is 28.6 Å². The summed E-state index contributed by atoms with van der Waals surface area (Å²) in [5.41, 5.74) is -0.972. The fourth-order valence-electron chi connectivity index (χ4n) is 3.38. The van der Waals surface area contributed by atoms with Gasteiger partial charge in [0.15, 0.2) is 17.5 Å². The van der Waals surface area contributed by atoms with Crippen LogP contribution in [0.25, 0.3) is 11.3 Å². The topological polar surface area (TPSA) is 101 Å². The lowest BCUT2D eigenvalue weighted by molar-refractivity contribution is -0.178. The molecule has 7 nitrogen and oxygen atoms in total. The number of aliphatic hydroxyl groups excluding tert-OH is 3. The fraction of sp³-hybridized carbons (Fsp3) is 0.300. The van der Waals surface area contributed by atoms with E-state index in [2.05, 4.69) is 10.3 Å². The molecule has 0 amide bonds. The number of ether oxygens (including phenoxy) is 1. The number of nitrogens with zero attached hydrogens (tertiary/aromatic N) is 3. The van der Waals surface area contributed by atoms with Crippen molar-refractivity contribution in [2.45, 2.75) is 34.7 Å². The second-order valence-electron chi connectivity index (χ2n) is 7.11. The maximum absolute atomic E-state index is 13.6. The predicted molar refractivity (Wildman–Crippen MR) is 109 cm³/mol. The van der Waals surface area contributed by atoms with Gasteiger partial charge in [0.1, 0.15) is 35.5 Å². The van der Waals surface area contributed by atoms with Crippen molar-refractivity contribution < 1.29 is 33.2 Å². The van der Waals surface area contributed by atoms with Crippen LogP contribution in [0.3, 0.4) is 0 Å². The summed E-state index contributed by atoms with van der Waals surface area (Å²) in [7, 11) is 0. The Morgan fingerprint density at radius 3 is 2.34 bits per heavy atom. The molecular weight excluding hydrogens is 471 g/mol. The fourth-order valence-corrected chi connectivity index (χ4v) is 4.57. The number of aliphatic hydroxyl groups is 3. The number of hydrogen-bond donors (Lipinski definition) is 3. The van der Waals surface area contributed by atoms with Gasteiger partial charge in [0.05, 0.1) is 12.8 Å². The van der Waals surface area contributed by atoms with E-state index < -0.39 is 53.8 Å². The molecule has 3 aromatic rings. The van der Waals surface area contributed by atoms with Crippen molar-refractivity contribution in [2.75, 3.05) is 6.61 Å². The van der Waals surface area contributed by atoms with Gasteiger partial charge >= 0.3 is 0 Å².